The summed E-state index contributed by atoms with van der Waals surface area (Å²) in [7, 11) is 0. The fourth-order valence-corrected chi connectivity index (χ4v) is 3.14. The van der Waals surface area contributed by atoms with Crippen molar-refractivity contribution in [3.8, 4) is 11.5 Å². The first kappa shape index (κ1) is 13.7. The summed E-state index contributed by atoms with van der Waals surface area (Å²) in [6.07, 6.45) is 1.35. The van der Waals surface area contributed by atoms with Crippen LogP contribution in [-0.4, -0.2) is 24.3 Å². The molecule has 1 saturated carbocycles. The van der Waals surface area contributed by atoms with Crippen LogP contribution in [0.5, 0.6) is 11.5 Å². The van der Waals surface area contributed by atoms with Crippen LogP contribution in [0.4, 0.5) is 0 Å². The van der Waals surface area contributed by atoms with E-state index in [-0.39, 0.29) is 5.41 Å². The minimum atomic E-state index is -0.770. The number of hydrogen-bond donors (Lipinski definition) is 1. The van der Waals surface area contributed by atoms with Gasteiger partial charge in [-0.1, -0.05) is 29.8 Å². The van der Waals surface area contributed by atoms with Gasteiger partial charge in [0.1, 0.15) is 0 Å². The molecular weight excluding hydrogens is 324 g/mol. The van der Waals surface area contributed by atoms with Crippen LogP contribution in [0.15, 0.2) is 16.6 Å². The van der Waals surface area contributed by atoms with Gasteiger partial charge in [-0.15, -0.1) is 0 Å². The van der Waals surface area contributed by atoms with Crippen molar-refractivity contribution < 1.29 is 19.4 Å². The molecule has 5 heteroatoms. The Morgan fingerprint density at radius 2 is 1.75 bits per heavy atom. The van der Waals surface area contributed by atoms with Crippen molar-refractivity contribution in [3.63, 3.8) is 0 Å². The molecule has 0 saturated heterocycles. The second kappa shape index (κ2) is 4.38. The minimum Gasteiger partial charge on any atom is -0.489 e. The molecule has 108 valence electrons. The summed E-state index contributed by atoms with van der Waals surface area (Å²) >= 11 is 3.47. The van der Waals surface area contributed by atoms with E-state index in [2.05, 4.69) is 29.8 Å². The molecule has 1 aromatic rings. The summed E-state index contributed by atoms with van der Waals surface area (Å²) in [5, 5.41) is 9.43. The molecule has 1 N–H and O–H groups in total. The lowest BCUT2D eigenvalue weighted by atomic mass is 9.96. The van der Waals surface area contributed by atoms with Crippen LogP contribution in [0, 0.1) is 5.41 Å². The minimum absolute atomic E-state index is 0.0598. The lowest BCUT2D eigenvalue weighted by Crippen LogP contribution is -2.26. The van der Waals surface area contributed by atoms with Crippen LogP contribution in [0.25, 0.3) is 0 Å². The molecule has 1 aliphatic carbocycles. The first-order valence-corrected chi connectivity index (χ1v) is 7.46. The third kappa shape index (κ3) is 2.18. The number of hydrogen-bond acceptors (Lipinski definition) is 3. The van der Waals surface area contributed by atoms with Gasteiger partial charge in [0.05, 0.1) is 18.6 Å². The zero-order chi connectivity index (χ0) is 14.5. The zero-order valence-corrected chi connectivity index (χ0v) is 13.1. The Balaban J connectivity index is 2.01. The molecule has 1 fully saturated rings. The number of halogens is 1. The van der Waals surface area contributed by atoms with Gasteiger partial charge >= 0.3 is 5.97 Å². The van der Waals surface area contributed by atoms with E-state index in [4.69, 9.17) is 9.47 Å². The van der Waals surface area contributed by atoms with Crippen LogP contribution in [0.2, 0.25) is 0 Å². The average molecular weight is 341 g/mol. The van der Waals surface area contributed by atoms with E-state index in [1.807, 2.05) is 12.1 Å². The van der Waals surface area contributed by atoms with Gasteiger partial charge in [-0.2, -0.15) is 0 Å². The van der Waals surface area contributed by atoms with Crippen molar-refractivity contribution in [1.29, 1.82) is 0 Å². The predicted octanol–water partition coefficient (Wildman–Crippen LogP) is 3.36. The van der Waals surface area contributed by atoms with Crippen molar-refractivity contribution in [1.82, 2.24) is 0 Å². The van der Waals surface area contributed by atoms with Gasteiger partial charge in [-0.25, -0.2) is 0 Å². The molecule has 0 spiro atoms. The molecule has 20 heavy (non-hydrogen) atoms. The fraction of sp³-hybridized carbons (Fsp3) is 0.533. The Kier molecular flexibility index (Phi) is 3.01. The quantitative estimate of drug-likeness (QED) is 0.896. The van der Waals surface area contributed by atoms with Crippen molar-refractivity contribution in [2.75, 3.05) is 13.2 Å². The summed E-state index contributed by atoms with van der Waals surface area (Å²) in [5.41, 5.74) is -0.0264. The highest BCUT2D eigenvalue weighted by Gasteiger charge is 2.53. The number of rotatable bonds is 2. The number of ether oxygens (including phenoxy) is 2. The Hall–Kier alpha value is -1.23. The average Bonchev–Trinajstić information content (AvgIpc) is 3.16. The molecule has 1 aromatic carbocycles. The van der Waals surface area contributed by atoms with Crippen LogP contribution in [-0.2, 0) is 10.2 Å². The number of carboxylic acid groups (broad SMARTS) is 1. The number of fused-ring (bicyclic) bond motifs is 1. The Bertz CT molecular complexity index is 575. The van der Waals surface area contributed by atoms with Crippen molar-refractivity contribution in [3.05, 3.63) is 22.2 Å². The van der Waals surface area contributed by atoms with Crippen LogP contribution in [0.3, 0.4) is 0 Å². The molecule has 0 bridgehead atoms. The molecule has 1 heterocycles. The van der Waals surface area contributed by atoms with Crippen molar-refractivity contribution in [2.45, 2.75) is 32.1 Å². The molecule has 1 aliphatic heterocycles. The van der Waals surface area contributed by atoms with E-state index < -0.39 is 11.4 Å². The zero-order valence-electron chi connectivity index (χ0n) is 11.5. The van der Waals surface area contributed by atoms with E-state index in [0.29, 0.717) is 37.6 Å². The second-order valence-corrected chi connectivity index (χ2v) is 7.26. The normalized spacial score (nSPS) is 21.9. The standard InChI is InChI=1S/C15H17BrO4/c1-14(2)7-19-11-5-9(15(3-4-15)13(17)18)10(16)6-12(11)20-8-14/h5-6H,3-4,7-8H2,1-2H3,(H,17,18). The van der Waals surface area contributed by atoms with Crippen LogP contribution in [0.1, 0.15) is 32.3 Å². The number of carboxylic acids is 1. The fourth-order valence-electron chi connectivity index (χ4n) is 2.44. The van der Waals surface area contributed by atoms with E-state index >= 15 is 0 Å². The van der Waals surface area contributed by atoms with Crippen molar-refractivity contribution >= 4 is 21.9 Å². The molecule has 0 unspecified atom stereocenters. The first-order valence-electron chi connectivity index (χ1n) is 6.67. The van der Waals surface area contributed by atoms with E-state index in [9.17, 15) is 9.90 Å². The molecule has 3 rings (SSSR count). The van der Waals surface area contributed by atoms with E-state index in [1.54, 1.807) is 0 Å². The molecule has 0 amide bonds. The SMILES string of the molecule is CC1(C)COc2cc(Br)c(C3(C(=O)O)CC3)cc2OC1. The van der Waals surface area contributed by atoms with Crippen molar-refractivity contribution in [2.24, 2.45) is 5.41 Å². The highest BCUT2D eigenvalue weighted by molar-refractivity contribution is 9.10. The molecule has 4 nitrogen and oxygen atoms in total. The van der Waals surface area contributed by atoms with Gasteiger partial charge < -0.3 is 14.6 Å². The number of benzene rings is 1. The van der Waals surface area contributed by atoms with Gasteiger partial charge in [-0.05, 0) is 30.5 Å². The molecular formula is C15H17BrO4. The topological polar surface area (TPSA) is 55.8 Å². The van der Waals surface area contributed by atoms with Gasteiger partial charge in [0.25, 0.3) is 0 Å². The van der Waals surface area contributed by atoms with Gasteiger partial charge in [0.15, 0.2) is 11.5 Å². The van der Waals surface area contributed by atoms with Gasteiger partial charge in [-0.3, -0.25) is 4.79 Å². The van der Waals surface area contributed by atoms with Crippen LogP contribution < -0.4 is 9.47 Å². The Morgan fingerprint density at radius 1 is 1.20 bits per heavy atom. The summed E-state index contributed by atoms with van der Waals surface area (Å²) in [6, 6.07) is 3.65. The van der Waals surface area contributed by atoms with Gasteiger partial charge in [0.2, 0.25) is 0 Å². The third-order valence-electron chi connectivity index (χ3n) is 3.95. The molecule has 0 aromatic heterocycles. The monoisotopic (exact) mass is 340 g/mol. The van der Waals surface area contributed by atoms with E-state index in [1.165, 1.54) is 0 Å². The molecule has 2 aliphatic rings. The summed E-state index contributed by atoms with van der Waals surface area (Å²) < 4.78 is 12.4. The molecule has 0 radical (unpaired) electrons. The molecule has 0 atom stereocenters. The summed E-state index contributed by atoms with van der Waals surface area (Å²) in [5.74, 6) is 0.543. The third-order valence-corrected chi connectivity index (χ3v) is 4.60. The number of aliphatic carboxylic acids is 1. The highest BCUT2D eigenvalue weighted by atomic mass is 79.9. The number of carbonyl (C=O) groups is 1. The van der Waals surface area contributed by atoms with E-state index in [0.717, 1.165) is 10.0 Å². The second-order valence-electron chi connectivity index (χ2n) is 6.41. The lowest BCUT2D eigenvalue weighted by Gasteiger charge is -2.19. The smallest absolute Gasteiger partial charge is 0.314 e. The lowest BCUT2D eigenvalue weighted by molar-refractivity contribution is -0.140. The Labute approximate surface area is 126 Å². The summed E-state index contributed by atoms with van der Waals surface area (Å²) in [6.45, 7) is 5.29. The highest BCUT2D eigenvalue weighted by Crippen LogP contribution is 2.53. The summed E-state index contributed by atoms with van der Waals surface area (Å²) in [4.78, 5) is 11.5. The largest absolute Gasteiger partial charge is 0.489 e. The Morgan fingerprint density at radius 3 is 2.25 bits per heavy atom. The van der Waals surface area contributed by atoms with Gasteiger partial charge in [0, 0.05) is 9.89 Å². The first-order chi connectivity index (χ1) is 9.34. The maximum absolute atomic E-state index is 11.5. The van der Waals surface area contributed by atoms with Crippen LogP contribution >= 0.6 is 15.9 Å². The maximum Gasteiger partial charge on any atom is 0.314 e. The predicted molar refractivity (Wildman–Crippen MR) is 77.5 cm³/mol. The maximum atomic E-state index is 11.5.